The van der Waals surface area contributed by atoms with E-state index in [0.717, 1.165) is 28.3 Å². The van der Waals surface area contributed by atoms with Gasteiger partial charge in [-0.15, -0.1) is 0 Å². The van der Waals surface area contributed by atoms with Gasteiger partial charge in [0.05, 0.1) is 31.4 Å². The Morgan fingerprint density at radius 2 is 1.57 bits per heavy atom. The van der Waals surface area contributed by atoms with Gasteiger partial charge in [0.1, 0.15) is 18.0 Å². The fraction of sp³-hybridized carbons (Fsp3) is 0.385. The largest absolute Gasteiger partial charge is 0.497 e. The second kappa shape index (κ2) is 11.5. The van der Waals surface area contributed by atoms with Crippen molar-refractivity contribution in [2.45, 2.75) is 37.6 Å². The summed E-state index contributed by atoms with van der Waals surface area (Å²) < 4.78 is 29.7. The molecule has 1 fully saturated rings. The molecule has 186 valence electrons. The minimum atomic E-state index is -0.719. The van der Waals surface area contributed by atoms with E-state index in [1.165, 1.54) is 0 Å². The molecule has 0 unspecified atom stereocenters. The first-order valence-corrected chi connectivity index (χ1v) is 11.3. The lowest BCUT2D eigenvalue weighted by Gasteiger charge is -2.42. The number of oxime groups is 1. The van der Waals surface area contributed by atoms with E-state index in [-0.39, 0.29) is 18.3 Å². The predicted molar refractivity (Wildman–Crippen MR) is 131 cm³/mol. The van der Waals surface area contributed by atoms with Gasteiger partial charge in [0, 0.05) is 38.8 Å². The third kappa shape index (κ3) is 5.54. The van der Waals surface area contributed by atoms with Crippen molar-refractivity contribution < 1.29 is 28.5 Å². The van der Waals surface area contributed by atoms with Crippen LogP contribution in [0.15, 0.2) is 66.2 Å². The fourth-order valence-electron chi connectivity index (χ4n) is 4.16. The zero-order valence-electron chi connectivity index (χ0n) is 20.5. The van der Waals surface area contributed by atoms with Gasteiger partial charge in [0.2, 0.25) is 0 Å². The normalized spacial score (nSPS) is 24.5. The molecule has 5 atom stereocenters. The molecule has 0 saturated carbocycles. The highest BCUT2D eigenvalue weighted by Gasteiger charge is 2.46. The van der Waals surface area contributed by atoms with Crippen LogP contribution in [0.3, 0.4) is 0 Å². The second-order valence-electron chi connectivity index (χ2n) is 8.14. The highest BCUT2D eigenvalue weighted by Crippen LogP contribution is 2.28. The summed E-state index contributed by atoms with van der Waals surface area (Å²) in [6, 6.07) is 15.7. The van der Waals surface area contributed by atoms with E-state index in [2.05, 4.69) is 10.1 Å². The maximum atomic E-state index is 5.91. The van der Waals surface area contributed by atoms with Crippen molar-refractivity contribution in [1.29, 1.82) is 0 Å². The number of hydrogen-bond donors (Lipinski definition) is 0. The van der Waals surface area contributed by atoms with E-state index < -0.39 is 12.4 Å². The molecule has 1 aromatic heterocycles. The van der Waals surface area contributed by atoms with Crippen LogP contribution in [-0.4, -0.2) is 74.9 Å². The third-order valence-corrected chi connectivity index (χ3v) is 6.07. The van der Waals surface area contributed by atoms with Crippen LogP contribution in [0.2, 0.25) is 0 Å². The molecule has 2 aromatic carbocycles. The van der Waals surface area contributed by atoms with Crippen molar-refractivity contribution in [3.05, 3.63) is 66.6 Å². The van der Waals surface area contributed by atoms with E-state index in [4.69, 9.17) is 28.5 Å². The lowest BCUT2D eigenvalue weighted by atomic mass is 9.99. The monoisotopic (exact) mass is 481 g/mol. The first-order chi connectivity index (χ1) is 17.1. The number of benzene rings is 2. The predicted octanol–water partition coefficient (Wildman–Crippen LogP) is 3.69. The SMILES string of the molecule is COc1ccc(-n2cnc(-c3ccc(/C=N/O[C@@H]4O[C@@H](C)[C@H](OC)[C@@H](OC)[C@H]4OC)cc3)c2)cc1. The molecule has 1 saturated heterocycles. The van der Waals surface area contributed by atoms with Crippen LogP contribution in [0.1, 0.15) is 12.5 Å². The van der Waals surface area contributed by atoms with Crippen LogP contribution in [0, 0.1) is 0 Å². The minimum absolute atomic E-state index is 0.242. The summed E-state index contributed by atoms with van der Waals surface area (Å²) in [7, 11) is 6.47. The lowest BCUT2D eigenvalue weighted by molar-refractivity contribution is -0.305. The number of methoxy groups -OCH3 is 4. The molecule has 0 aliphatic carbocycles. The molecular formula is C26H31N3O6. The molecule has 0 spiro atoms. The first kappa shape index (κ1) is 24.9. The number of nitrogens with zero attached hydrogens (tertiary/aromatic N) is 3. The Bertz CT molecular complexity index is 1100. The van der Waals surface area contributed by atoms with Crippen molar-refractivity contribution in [2.24, 2.45) is 5.16 Å². The highest BCUT2D eigenvalue weighted by molar-refractivity contribution is 5.80. The van der Waals surface area contributed by atoms with Crippen LogP contribution in [-0.2, 0) is 23.8 Å². The van der Waals surface area contributed by atoms with Crippen molar-refractivity contribution in [3.63, 3.8) is 0 Å². The molecule has 4 rings (SSSR count). The Morgan fingerprint density at radius 1 is 0.886 bits per heavy atom. The molecule has 9 heteroatoms. The van der Waals surface area contributed by atoms with E-state index >= 15 is 0 Å². The van der Waals surface area contributed by atoms with Crippen LogP contribution in [0.4, 0.5) is 0 Å². The quantitative estimate of drug-likeness (QED) is 0.340. The summed E-state index contributed by atoms with van der Waals surface area (Å²) >= 11 is 0. The minimum Gasteiger partial charge on any atom is -0.497 e. The Morgan fingerprint density at radius 3 is 2.20 bits per heavy atom. The van der Waals surface area contributed by atoms with E-state index in [1.807, 2.05) is 66.2 Å². The summed E-state index contributed by atoms with van der Waals surface area (Å²) in [6.07, 6.45) is 3.35. The Balaban J connectivity index is 1.39. The molecule has 0 radical (unpaired) electrons. The molecule has 1 aliphatic heterocycles. The molecule has 9 nitrogen and oxygen atoms in total. The van der Waals surface area contributed by atoms with Gasteiger partial charge in [-0.1, -0.05) is 29.4 Å². The van der Waals surface area contributed by atoms with Crippen molar-refractivity contribution >= 4 is 6.21 Å². The molecular weight excluding hydrogens is 450 g/mol. The molecule has 3 aromatic rings. The Labute approximate surface area is 205 Å². The van der Waals surface area contributed by atoms with Gasteiger partial charge in [-0.3, -0.25) is 0 Å². The summed E-state index contributed by atoms with van der Waals surface area (Å²) in [5.74, 6) is 0.815. The zero-order chi connectivity index (χ0) is 24.8. The van der Waals surface area contributed by atoms with Gasteiger partial charge in [0.25, 0.3) is 6.29 Å². The topological polar surface area (TPSA) is 85.6 Å². The third-order valence-electron chi connectivity index (χ3n) is 6.07. The number of ether oxygens (including phenoxy) is 5. The summed E-state index contributed by atoms with van der Waals surface area (Å²) in [5.41, 5.74) is 3.74. The summed E-state index contributed by atoms with van der Waals surface area (Å²) in [4.78, 5) is 10.2. The van der Waals surface area contributed by atoms with Crippen molar-refractivity contribution in [1.82, 2.24) is 9.55 Å². The van der Waals surface area contributed by atoms with E-state index in [9.17, 15) is 0 Å². The number of aromatic nitrogens is 2. The van der Waals surface area contributed by atoms with Gasteiger partial charge < -0.3 is 33.1 Å². The molecule has 35 heavy (non-hydrogen) atoms. The molecule has 2 heterocycles. The van der Waals surface area contributed by atoms with Crippen LogP contribution in [0.5, 0.6) is 5.75 Å². The first-order valence-electron chi connectivity index (χ1n) is 11.3. The van der Waals surface area contributed by atoms with E-state index in [0.29, 0.717) is 0 Å². The van der Waals surface area contributed by atoms with E-state index in [1.54, 1.807) is 41.0 Å². The zero-order valence-corrected chi connectivity index (χ0v) is 20.5. The summed E-state index contributed by atoms with van der Waals surface area (Å²) in [5, 5.41) is 4.12. The maximum Gasteiger partial charge on any atom is 0.256 e. The van der Waals surface area contributed by atoms with Crippen molar-refractivity contribution in [3.8, 4) is 22.7 Å². The van der Waals surface area contributed by atoms with Gasteiger partial charge in [-0.2, -0.15) is 0 Å². The maximum absolute atomic E-state index is 5.91. The van der Waals surface area contributed by atoms with Crippen LogP contribution < -0.4 is 4.74 Å². The van der Waals surface area contributed by atoms with Gasteiger partial charge in [-0.05, 0) is 36.8 Å². The average molecular weight is 482 g/mol. The molecule has 0 amide bonds. The Hall–Kier alpha value is -3.24. The molecule has 0 bridgehead atoms. The fourth-order valence-corrected chi connectivity index (χ4v) is 4.16. The lowest BCUT2D eigenvalue weighted by Crippen LogP contribution is -2.59. The van der Waals surface area contributed by atoms with Gasteiger partial charge >= 0.3 is 0 Å². The van der Waals surface area contributed by atoms with Gasteiger partial charge in [-0.25, -0.2) is 4.98 Å². The summed E-state index contributed by atoms with van der Waals surface area (Å²) in [6.45, 7) is 1.90. The van der Waals surface area contributed by atoms with Gasteiger partial charge in [0.15, 0.2) is 6.10 Å². The van der Waals surface area contributed by atoms with Crippen molar-refractivity contribution in [2.75, 3.05) is 28.4 Å². The molecule has 0 N–H and O–H groups in total. The Kier molecular flexibility index (Phi) is 8.14. The van der Waals surface area contributed by atoms with Crippen LogP contribution in [0.25, 0.3) is 16.9 Å². The number of hydrogen-bond acceptors (Lipinski definition) is 8. The van der Waals surface area contributed by atoms with Crippen LogP contribution >= 0.6 is 0 Å². The smallest absolute Gasteiger partial charge is 0.256 e. The number of imidazole rings is 1. The second-order valence-corrected chi connectivity index (χ2v) is 8.14. The average Bonchev–Trinajstić information content (AvgIpc) is 3.39. The highest BCUT2D eigenvalue weighted by atomic mass is 16.8. The molecule has 1 aliphatic rings. The standard InChI is InChI=1S/C26H31N3O6/c1-17-23(31-3)24(32-4)25(33-5)26(34-17)35-28-14-18-6-8-19(9-7-18)22-15-29(16-27-22)20-10-12-21(30-2)13-11-20/h6-17,23-26H,1-5H3/b28-14+/t17-,23-,24+,25+,26-/m0/s1. The number of rotatable bonds is 9.